The third-order valence-corrected chi connectivity index (χ3v) is 4.45. The highest BCUT2D eigenvalue weighted by molar-refractivity contribution is 6.06. The number of carbonyl (C=O) groups excluding carboxylic acids is 1. The van der Waals surface area contributed by atoms with Crippen molar-refractivity contribution in [2.24, 2.45) is 0 Å². The molecule has 0 radical (unpaired) electrons. The Morgan fingerprint density at radius 3 is 3.14 bits per heavy atom. The number of hydrogen-bond acceptors (Lipinski definition) is 4. The van der Waals surface area contributed by atoms with E-state index in [0.29, 0.717) is 6.67 Å². The number of aromatic nitrogens is 1. The van der Waals surface area contributed by atoms with Crippen LogP contribution in [0.2, 0.25) is 0 Å². The van der Waals surface area contributed by atoms with Crippen molar-refractivity contribution >= 4 is 11.5 Å². The lowest BCUT2D eigenvalue weighted by molar-refractivity contribution is -0.117. The third kappa shape index (κ3) is 1.82. The van der Waals surface area contributed by atoms with Crippen LogP contribution >= 0.6 is 0 Å². The summed E-state index contributed by atoms with van der Waals surface area (Å²) in [5.74, 6) is 0.252. The average molecular weight is 279 g/mol. The smallest absolute Gasteiger partial charge is 0.186 e. The highest BCUT2D eigenvalue weighted by Crippen LogP contribution is 2.39. The van der Waals surface area contributed by atoms with E-state index in [4.69, 9.17) is 0 Å². The zero-order valence-corrected chi connectivity index (χ0v) is 12.0. The quantitative estimate of drug-likeness (QED) is 0.856. The Morgan fingerprint density at radius 1 is 1.43 bits per heavy atom. The van der Waals surface area contributed by atoms with Crippen LogP contribution in [-0.4, -0.2) is 28.4 Å². The van der Waals surface area contributed by atoms with E-state index < -0.39 is 0 Å². The zero-order valence-electron chi connectivity index (χ0n) is 12.0. The van der Waals surface area contributed by atoms with Crippen LogP contribution in [0.4, 0.5) is 0 Å². The van der Waals surface area contributed by atoms with Crippen LogP contribution in [0.15, 0.2) is 53.5 Å². The Bertz CT molecular complexity index is 700. The van der Waals surface area contributed by atoms with Gasteiger partial charge in [-0.05, 0) is 43.5 Å². The molecule has 2 aliphatic heterocycles. The van der Waals surface area contributed by atoms with E-state index in [1.54, 1.807) is 6.20 Å². The predicted octanol–water partition coefficient (Wildman–Crippen LogP) is 2.23. The first-order valence-electron chi connectivity index (χ1n) is 7.36. The predicted molar refractivity (Wildman–Crippen MR) is 80.9 cm³/mol. The standard InChI is InChI=1S/C17H17N3O/c1-11-17(21)14-6-2-4-12-8-15(13-5-3-7-18-9-13)19-10-20(11)16(12)14/h3,5-9,11,19H,2,4,10H2,1H3. The van der Waals surface area contributed by atoms with Crippen LogP contribution in [0.1, 0.15) is 25.3 Å². The number of rotatable bonds is 1. The molecule has 1 aliphatic carbocycles. The zero-order chi connectivity index (χ0) is 14.4. The Balaban J connectivity index is 1.83. The molecule has 1 aromatic rings. The Hall–Kier alpha value is -2.36. The molecule has 3 heterocycles. The summed E-state index contributed by atoms with van der Waals surface area (Å²) in [7, 11) is 0. The molecule has 0 amide bonds. The first-order valence-corrected chi connectivity index (χ1v) is 7.36. The van der Waals surface area contributed by atoms with Crippen LogP contribution in [0.5, 0.6) is 0 Å². The summed E-state index contributed by atoms with van der Waals surface area (Å²) in [6, 6.07) is 3.93. The minimum Gasteiger partial charge on any atom is -0.367 e. The number of allylic oxidation sites excluding steroid dienone is 4. The van der Waals surface area contributed by atoms with Gasteiger partial charge < -0.3 is 10.2 Å². The Labute approximate surface area is 123 Å². The second-order valence-electron chi connectivity index (χ2n) is 5.67. The summed E-state index contributed by atoms with van der Waals surface area (Å²) < 4.78 is 0. The maximum Gasteiger partial charge on any atom is 0.186 e. The van der Waals surface area contributed by atoms with Crippen molar-refractivity contribution < 1.29 is 4.79 Å². The summed E-state index contributed by atoms with van der Waals surface area (Å²) in [6.45, 7) is 2.65. The van der Waals surface area contributed by atoms with Gasteiger partial charge in [-0.25, -0.2) is 0 Å². The first kappa shape index (κ1) is 12.4. The second-order valence-corrected chi connectivity index (χ2v) is 5.67. The molecule has 0 spiro atoms. The van der Waals surface area contributed by atoms with Gasteiger partial charge in [0.2, 0.25) is 0 Å². The van der Waals surface area contributed by atoms with Gasteiger partial charge in [0.05, 0.1) is 18.4 Å². The Kier molecular flexibility index (Phi) is 2.70. The Morgan fingerprint density at radius 2 is 2.33 bits per heavy atom. The van der Waals surface area contributed by atoms with E-state index in [1.165, 1.54) is 5.57 Å². The van der Waals surface area contributed by atoms with Crippen molar-refractivity contribution in [3.8, 4) is 0 Å². The van der Waals surface area contributed by atoms with Gasteiger partial charge in [0.25, 0.3) is 0 Å². The summed E-state index contributed by atoms with van der Waals surface area (Å²) in [5, 5.41) is 3.46. The molecule has 1 aromatic heterocycles. The number of nitrogens with zero attached hydrogens (tertiary/aromatic N) is 2. The van der Waals surface area contributed by atoms with Gasteiger partial charge in [-0.1, -0.05) is 6.08 Å². The largest absolute Gasteiger partial charge is 0.367 e. The molecule has 4 heteroatoms. The number of pyridine rings is 1. The first-order chi connectivity index (χ1) is 10.3. The fraction of sp³-hybridized carbons (Fsp3) is 0.294. The molecule has 4 nitrogen and oxygen atoms in total. The van der Waals surface area contributed by atoms with Crippen molar-refractivity contribution in [1.82, 2.24) is 15.2 Å². The van der Waals surface area contributed by atoms with Crippen LogP contribution in [0.25, 0.3) is 5.70 Å². The van der Waals surface area contributed by atoms with E-state index in [0.717, 1.165) is 35.4 Å². The minimum absolute atomic E-state index is 0.0755. The van der Waals surface area contributed by atoms with Crippen molar-refractivity contribution in [3.05, 3.63) is 59.1 Å². The van der Waals surface area contributed by atoms with Gasteiger partial charge >= 0.3 is 0 Å². The maximum atomic E-state index is 12.3. The highest BCUT2D eigenvalue weighted by Gasteiger charge is 2.40. The molecule has 4 rings (SSSR count). The lowest BCUT2D eigenvalue weighted by Crippen LogP contribution is -2.36. The van der Waals surface area contributed by atoms with E-state index in [9.17, 15) is 4.79 Å². The number of ketones is 1. The molecule has 1 N–H and O–H groups in total. The minimum atomic E-state index is -0.0755. The number of hydrogen-bond donors (Lipinski definition) is 1. The summed E-state index contributed by atoms with van der Waals surface area (Å²) >= 11 is 0. The van der Waals surface area contributed by atoms with E-state index in [1.807, 2.05) is 19.2 Å². The molecule has 1 saturated heterocycles. The van der Waals surface area contributed by atoms with Gasteiger partial charge in [-0.2, -0.15) is 0 Å². The molecule has 0 saturated carbocycles. The average Bonchev–Trinajstić information content (AvgIpc) is 2.68. The fourth-order valence-electron chi connectivity index (χ4n) is 3.34. The normalized spacial score (nSPS) is 24.1. The molecule has 106 valence electrons. The van der Waals surface area contributed by atoms with E-state index in [2.05, 4.69) is 33.4 Å². The van der Waals surface area contributed by atoms with E-state index >= 15 is 0 Å². The van der Waals surface area contributed by atoms with Crippen LogP contribution in [-0.2, 0) is 4.79 Å². The van der Waals surface area contributed by atoms with Gasteiger partial charge in [0.1, 0.15) is 0 Å². The lowest BCUT2D eigenvalue weighted by atomic mass is 9.94. The number of nitrogens with one attached hydrogen (secondary N) is 1. The molecule has 1 fully saturated rings. The van der Waals surface area contributed by atoms with Crippen molar-refractivity contribution in [3.63, 3.8) is 0 Å². The molecular weight excluding hydrogens is 262 g/mol. The topological polar surface area (TPSA) is 45.2 Å². The SMILES string of the molecule is CC1C(=O)C2=CCCC3=C2N1CNC(c1cccnc1)=C3. The molecule has 1 atom stereocenters. The van der Waals surface area contributed by atoms with Gasteiger partial charge in [0.15, 0.2) is 5.78 Å². The molecule has 3 aliphatic rings. The fourth-order valence-corrected chi connectivity index (χ4v) is 3.34. The molecule has 0 aromatic carbocycles. The van der Waals surface area contributed by atoms with Crippen molar-refractivity contribution in [1.29, 1.82) is 0 Å². The van der Waals surface area contributed by atoms with Crippen molar-refractivity contribution in [2.75, 3.05) is 6.67 Å². The van der Waals surface area contributed by atoms with Crippen LogP contribution in [0, 0.1) is 0 Å². The molecule has 1 unspecified atom stereocenters. The van der Waals surface area contributed by atoms with E-state index in [-0.39, 0.29) is 11.8 Å². The van der Waals surface area contributed by atoms with Gasteiger partial charge in [0, 0.05) is 29.2 Å². The summed E-state index contributed by atoms with van der Waals surface area (Å²) in [5.41, 5.74) is 5.47. The van der Waals surface area contributed by atoms with Crippen LogP contribution < -0.4 is 5.32 Å². The second kappa shape index (κ2) is 4.58. The monoisotopic (exact) mass is 279 g/mol. The highest BCUT2D eigenvalue weighted by atomic mass is 16.1. The molecular formula is C17H17N3O. The molecule has 0 bridgehead atoms. The van der Waals surface area contributed by atoms with Gasteiger partial charge in [-0.3, -0.25) is 9.78 Å². The van der Waals surface area contributed by atoms with Gasteiger partial charge in [-0.15, -0.1) is 0 Å². The third-order valence-electron chi connectivity index (χ3n) is 4.45. The number of carbonyl (C=O) groups is 1. The van der Waals surface area contributed by atoms with Crippen molar-refractivity contribution in [2.45, 2.75) is 25.8 Å². The molecule has 21 heavy (non-hydrogen) atoms. The lowest BCUT2D eigenvalue weighted by Gasteiger charge is -2.25. The maximum absolute atomic E-state index is 12.3. The summed E-state index contributed by atoms with van der Waals surface area (Å²) in [4.78, 5) is 18.7. The number of Topliss-reactive ketones (excluding diaryl/α,β-unsaturated/α-hetero) is 1. The van der Waals surface area contributed by atoms with Crippen LogP contribution in [0.3, 0.4) is 0 Å². The summed E-state index contributed by atoms with van der Waals surface area (Å²) in [6.07, 6.45) is 9.86.